The van der Waals surface area contributed by atoms with Crippen molar-refractivity contribution in [3.8, 4) is 0 Å². The van der Waals surface area contributed by atoms with E-state index in [0.717, 1.165) is 75.5 Å². The second kappa shape index (κ2) is 12.6. The summed E-state index contributed by atoms with van der Waals surface area (Å²) in [5.41, 5.74) is 1.12. The van der Waals surface area contributed by atoms with Gasteiger partial charge in [-0.25, -0.2) is 9.98 Å². The van der Waals surface area contributed by atoms with E-state index < -0.39 is 0 Å². The summed E-state index contributed by atoms with van der Waals surface area (Å²) in [5, 5.41) is 14.8. The van der Waals surface area contributed by atoms with Gasteiger partial charge in [0, 0.05) is 50.9 Å². The van der Waals surface area contributed by atoms with Gasteiger partial charge in [-0.2, -0.15) is 0 Å². The Balaban J connectivity index is 0.00000300. The molecule has 160 valence electrons. The third-order valence-corrected chi connectivity index (χ3v) is 4.59. The highest BCUT2D eigenvalue weighted by molar-refractivity contribution is 14.0. The molecule has 1 saturated heterocycles. The predicted octanol–water partition coefficient (Wildman–Crippen LogP) is 1.45. The van der Waals surface area contributed by atoms with Crippen LogP contribution in [-0.4, -0.2) is 65.1 Å². The lowest BCUT2D eigenvalue weighted by atomic mass is 10.2. The number of aryl methyl sites for hydroxylation is 1. The van der Waals surface area contributed by atoms with Crippen molar-refractivity contribution in [2.24, 2.45) is 4.99 Å². The fourth-order valence-corrected chi connectivity index (χ4v) is 3.15. The molecule has 10 heteroatoms. The fourth-order valence-electron chi connectivity index (χ4n) is 3.15. The number of rotatable bonds is 8. The molecule has 1 fully saturated rings. The molecule has 1 aliphatic rings. The molecule has 0 spiro atoms. The number of aliphatic imine (C=N–C) groups is 1. The van der Waals surface area contributed by atoms with Crippen molar-refractivity contribution in [2.75, 3.05) is 44.3 Å². The van der Waals surface area contributed by atoms with Crippen molar-refractivity contribution >= 4 is 35.8 Å². The second-order valence-electron chi connectivity index (χ2n) is 6.50. The van der Waals surface area contributed by atoms with Crippen LogP contribution < -0.4 is 15.5 Å². The van der Waals surface area contributed by atoms with Gasteiger partial charge in [0.1, 0.15) is 18.0 Å². The topological polar surface area (TPSA) is 92.5 Å². The Labute approximate surface area is 189 Å². The van der Waals surface area contributed by atoms with E-state index >= 15 is 0 Å². The SMILES string of the molecule is CCNC(=NCc1cccnc1N1CCOCC1)NCCn1cnnc1CC.I. The van der Waals surface area contributed by atoms with Crippen molar-refractivity contribution in [3.63, 3.8) is 0 Å². The first-order valence-electron chi connectivity index (χ1n) is 9.97. The van der Waals surface area contributed by atoms with Gasteiger partial charge in [-0.15, -0.1) is 34.2 Å². The van der Waals surface area contributed by atoms with Crippen LogP contribution in [0.3, 0.4) is 0 Å². The molecule has 0 aliphatic carbocycles. The van der Waals surface area contributed by atoms with Crippen LogP contribution >= 0.6 is 24.0 Å². The van der Waals surface area contributed by atoms with Crippen LogP contribution in [0.1, 0.15) is 25.2 Å². The molecule has 0 aromatic carbocycles. The van der Waals surface area contributed by atoms with E-state index in [1.807, 2.05) is 12.3 Å². The van der Waals surface area contributed by atoms with Crippen molar-refractivity contribution in [2.45, 2.75) is 33.4 Å². The van der Waals surface area contributed by atoms with Gasteiger partial charge < -0.3 is 24.8 Å². The minimum Gasteiger partial charge on any atom is -0.378 e. The van der Waals surface area contributed by atoms with E-state index in [0.29, 0.717) is 6.54 Å². The van der Waals surface area contributed by atoms with Crippen LogP contribution in [0.25, 0.3) is 0 Å². The molecule has 3 heterocycles. The zero-order valence-electron chi connectivity index (χ0n) is 17.2. The summed E-state index contributed by atoms with van der Waals surface area (Å²) in [5.74, 6) is 2.79. The highest BCUT2D eigenvalue weighted by atomic mass is 127. The number of guanidine groups is 1. The monoisotopic (exact) mass is 514 g/mol. The average molecular weight is 514 g/mol. The Bertz CT molecular complexity index is 760. The van der Waals surface area contributed by atoms with E-state index in [1.165, 1.54) is 0 Å². The maximum absolute atomic E-state index is 5.45. The molecule has 0 radical (unpaired) electrons. The minimum atomic E-state index is 0. The van der Waals surface area contributed by atoms with E-state index in [9.17, 15) is 0 Å². The Morgan fingerprint density at radius 1 is 1.24 bits per heavy atom. The number of halogens is 1. The van der Waals surface area contributed by atoms with Gasteiger partial charge in [-0.05, 0) is 13.0 Å². The maximum Gasteiger partial charge on any atom is 0.191 e. The van der Waals surface area contributed by atoms with Crippen molar-refractivity contribution < 1.29 is 4.74 Å². The van der Waals surface area contributed by atoms with Crippen LogP contribution in [0, 0.1) is 0 Å². The van der Waals surface area contributed by atoms with E-state index in [-0.39, 0.29) is 24.0 Å². The molecular weight excluding hydrogens is 483 g/mol. The molecule has 0 bridgehead atoms. The lowest BCUT2D eigenvalue weighted by molar-refractivity contribution is 0.122. The van der Waals surface area contributed by atoms with Crippen molar-refractivity contribution in [3.05, 3.63) is 36.0 Å². The molecule has 2 aromatic heterocycles. The van der Waals surface area contributed by atoms with Gasteiger partial charge in [-0.1, -0.05) is 13.0 Å². The normalized spacial score (nSPS) is 14.4. The summed E-state index contributed by atoms with van der Waals surface area (Å²) in [6.07, 6.45) is 4.49. The van der Waals surface area contributed by atoms with Gasteiger partial charge in [0.25, 0.3) is 0 Å². The number of morpholine rings is 1. The minimum absolute atomic E-state index is 0. The molecule has 1 aliphatic heterocycles. The lowest BCUT2D eigenvalue weighted by Crippen LogP contribution is -2.39. The van der Waals surface area contributed by atoms with Crippen LogP contribution in [0.4, 0.5) is 5.82 Å². The lowest BCUT2D eigenvalue weighted by Gasteiger charge is -2.29. The number of ether oxygens (including phenoxy) is 1. The average Bonchev–Trinajstić information content (AvgIpc) is 3.20. The molecular formula is C19H31IN8O. The zero-order chi connectivity index (χ0) is 19.6. The first kappa shape index (κ1) is 23.3. The zero-order valence-corrected chi connectivity index (χ0v) is 19.5. The van der Waals surface area contributed by atoms with Crippen molar-refractivity contribution in [1.29, 1.82) is 0 Å². The highest BCUT2D eigenvalue weighted by Crippen LogP contribution is 2.19. The molecule has 0 unspecified atom stereocenters. The highest BCUT2D eigenvalue weighted by Gasteiger charge is 2.15. The Kier molecular flexibility index (Phi) is 10.1. The number of nitrogens with zero attached hydrogens (tertiary/aromatic N) is 6. The molecule has 0 amide bonds. The summed E-state index contributed by atoms with van der Waals surface area (Å²) in [4.78, 5) is 11.6. The van der Waals surface area contributed by atoms with Gasteiger partial charge in [0.05, 0.1) is 19.8 Å². The van der Waals surface area contributed by atoms with E-state index in [2.05, 4.69) is 55.2 Å². The second-order valence-corrected chi connectivity index (χ2v) is 6.50. The quantitative estimate of drug-likeness (QED) is 0.313. The van der Waals surface area contributed by atoms with Crippen molar-refractivity contribution in [1.82, 2.24) is 30.4 Å². The smallest absolute Gasteiger partial charge is 0.191 e. The Morgan fingerprint density at radius 2 is 2.07 bits per heavy atom. The summed E-state index contributed by atoms with van der Waals surface area (Å²) >= 11 is 0. The number of hydrogen-bond acceptors (Lipinski definition) is 6. The van der Waals surface area contributed by atoms with E-state index in [1.54, 1.807) is 6.33 Å². The number of aromatic nitrogens is 4. The summed E-state index contributed by atoms with van der Waals surface area (Å²) in [7, 11) is 0. The van der Waals surface area contributed by atoms with Crippen LogP contribution in [0.5, 0.6) is 0 Å². The molecule has 0 atom stereocenters. The first-order valence-corrected chi connectivity index (χ1v) is 9.97. The van der Waals surface area contributed by atoms with E-state index in [4.69, 9.17) is 9.73 Å². The molecule has 2 N–H and O–H groups in total. The third kappa shape index (κ3) is 6.81. The molecule has 3 rings (SSSR count). The van der Waals surface area contributed by atoms with Crippen LogP contribution in [-0.2, 0) is 24.2 Å². The van der Waals surface area contributed by atoms with Gasteiger partial charge in [0.15, 0.2) is 5.96 Å². The number of nitrogens with one attached hydrogen (secondary N) is 2. The molecule has 2 aromatic rings. The number of hydrogen-bond donors (Lipinski definition) is 2. The largest absolute Gasteiger partial charge is 0.378 e. The first-order chi connectivity index (χ1) is 13.8. The fraction of sp³-hybridized carbons (Fsp3) is 0.579. The third-order valence-electron chi connectivity index (χ3n) is 4.59. The standard InChI is InChI=1S/C19H30N8O.HI/c1-3-17-25-24-15-27(17)9-8-22-19(20-4-2)23-14-16-6-5-7-21-18(16)26-10-12-28-13-11-26;/h5-7,15H,3-4,8-14H2,1-2H3,(H2,20,22,23);1H. The summed E-state index contributed by atoms with van der Waals surface area (Å²) < 4.78 is 7.52. The summed E-state index contributed by atoms with van der Waals surface area (Å²) in [6, 6.07) is 4.06. The molecule has 9 nitrogen and oxygen atoms in total. The van der Waals surface area contributed by atoms with Gasteiger partial charge >= 0.3 is 0 Å². The Hall–Kier alpha value is -1.95. The maximum atomic E-state index is 5.45. The summed E-state index contributed by atoms with van der Waals surface area (Å²) in [6.45, 7) is 10.3. The number of pyridine rings is 1. The van der Waals surface area contributed by atoms with Gasteiger partial charge in [0.2, 0.25) is 0 Å². The molecule has 0 saturated carbocycles. The van der Waals surface area contributed by atoms with Crippen LogP contribution in [0.15, 0.2) is 29.6 Å². The predicted molar refractivity (Wildman–Crippen MR) is 125 cm³/mol. The molecule has 29 heavy (non-hydrogen) atoms. The van der Waals surface area contributed by atoms with Gasteiger partial charge in [-0.3, -0.25) is 0 Å². The van der Waals surface area contributed by atoms with Crippen LogP contribution in [0.2, 0.25) is 0 Å². The Morgan fingerprint density at radius 3 is 2.83 bits per heavy atom. The number of anilines is 1.